The molecular weight excluding hydrogens is 174 g/mol. The lowest BCUT2D eigenvalue weighted by Crippen LogP contribution is -2.28. The van der Waals surface area contributed by atoms with Gasteiger partial charge in [0.25, 0.3) is 0 Å². The van der Waals surface area contributed by atoms with Crippen LogP contribution >= 0.6 is 0 Å². The molecule has 0 aromatic carbocycles. The molecule has 1 N–H and O–H groups in total. The molecule has 0 radical (unpaired) electrons. The molecule has 13 heavy (non-hydrogen) atoms. The molecule has 0 aromatic rings. The number of carbonyl (C=O) groups is 2. The van der Waals surface area contributed by atoms with Crippen LogP contribution in [0, 0.1) is 0 Å². The van der Waals surface area contributed by atoms with E-state index < -0.39 is 6.09 Å². The van der Waals surface area contributed by atoms with E-state index in [9.17, 15) is 9.59 Å². The number of carbonyl (C=O) groups excluding carboxylic acids is 2. The largest absolute Gasteiger partial charge is 0.464 e. The van der Waals surface area contributed by atoms with Crippen LogP contribution in [0.1, 0.15) is 20.3 Å². The molecule has 76 valence electrons. The van der Waals surface area contributed by atoms with Gasteiger partial charge < -0.3 is 14.8 Å². The molecule has 0 aliphatic heterocycles. The summed E-state index contributed by atoms with van der Waals surface area (Å²) >= 11 is 0. The van der Waals surface area contributed by atoms with Gasteiger partial charge in [0, 0.05) is 6.92 Å². The van der Waals surface area contributed by atoms with Crippen LogP contribution in [0.3, 0.4) is 0 Å². The summed E-state index contributed by atoms with van der Waals surface area (Å²) in [6, 6.07) is 0. The van der Waals surface area contributed by atoms with E-state index >= 15 is 0 Å². The molecule has 0 aliphatic carbocycles. The van der Waals surface area contributed by atoms with Crippen molar-refractivity contribution in [1.29, 1.82) is 0 Å². The van der Waals surface area contributed by atoms with Crippen molar-refractivity contribution in [3.05, 3.63) is 0 Å². The van der Waals surface area contributed by atoms with Crippen LogP contribution < -0.4 is 5.32 Å². The minimum atomic E-state index is -0.478. The third-order valence-corrected chi connectivity index (χ3v) is 1.11. The molecule has 0 aliphatic rings. The molecule has 0 aromatic heterocycles. The van der Waals surface area contributed by atoms with E-state index in [1.54, 1.807) is 0 Å². The summed E-state index contributed by atoms with van der Waals surface area (Å²) in [5.74, 6) is -0.358. The van der Waals surface area contributed by atoms with Crippen molar-refractivity contribution in [3.63, 3.8) is 0 Å². The second-order valence-corrected chi connectivity index (χ2v) is 2.40. The lowest BCUT2D eigenvalue weighted by atomic mass is 10.5. The zero-order chi connectivity index (χ0) is 10.1. The van der Waals surface area contributed by atoms with E-state index in [1.807, 2.05) is 6.92 Å². The highest BCUT2D eigenvalue weighted by atomic mass is 16.6. The summed E-state index contributed by atoms with van der Waals surface area (Å²) in [6.45, 7) is 4.08. The first-order valence-electron chi connectivity index (χ1n) is 4.20. The van der Waals surface area contributed by atoms with Crippen molar-refractivity contribution in [2.24, 2.45) is 0 Å². The Morgan fingerprint density at radius 3 is 2.46 bits per heavy atom. The summed E-state index contributed by atoms with van der Waals surface area (Å²) in [4.78, 5) is 21.1. The lowest BCUT2D eigenvalue weighted by molar-refractivity contribution is -0.140. The SMILES string of the molecule is CCCOC(=O)NCCOC(C)=O. The van der Waals surface area contributed by atoms with E-state index in [-0.39, 0.29) is 19.1 Å². The normalized spacial score (nSPS) is 9.08. The predicted octanol–water partition coefficient (Wildman–Crippen LogP) is 0.686. The Morgan fingerprint density at radius 1 is 1.23 bits per heavy atom. The monoisotopic (exact) mass is 189 g/mol. The van der Waals surface area contributed by atoms with Crippen LogP contribution in [0.2, 0.25) is 0 Å². The Kier molecular flexibility index (Phi) is 6.68. The Hall–Kier alpha value is -1.26. The Morgan fingerprint density at radius 2 is 1.92 bits per heavy atom. The Bertz CT molecular complexity index is 170. The maximum absolute atomic E-state index is 10.8. The van der Waals surface area contributed by atoms with Crippen LogP contribution in [0.5, 0.6) is 0 Å². The number of amides is 1. The fourth-order valence-electron chi connectivity index (χ4n) is 0.594. The van der Waals surface area contributed by atoms with Crippen molar-refractivity contribution < 1.29 is 19.1 Å². The number of hydrogen-bond acceptors (Lipinski definition) is 4. The predicted molar refractivity (Wildman–Crippen MR) is 46.3 cm³/mol. The standard InChI is InChI=1S/C8H15NO4/c1-3-5-13-8(11)9-4-6-12-7(2)10/h3-6H2,1-2H3,(H,9,11). The number of alkyl carbamates (subject to hydrolysis) is 1. The van der Waals surface area contributed by atoms with E-state index in [4.69, 9.17) is 4.74 Å². The van der Waals surface area contributed by atoms with Crippen LogP contribution in [-0.2, 0) is 14.3 Å². The molecule has 1 amide bonds. The molecular formula is C8H15NO4. The molecule has 0 heterocycles. The summed E-state index contributed by atoms with van der Waals surface area (Å²) in [5, 5.41) is 2.43. The molecule has 0 unspecified atom stereocenters. The van der Waals surface area contributed by atoms with Crippen LogP contribution in [0.4, 0.5) is 4.79 Å². The highest BCUT2D eigenvalue weighted by Crippen LogP contribution is 1.81. The summed E-state index contributed by atoms with van der Waals surface area (Å²) in [6.07, 6.45) is 0.311. The minimum absolute atomic E-state index is 0.177. The van der Waals surface area contributed by atoms with Gasteiger partial charge in [-0.25, -0.2) is 4.79 Å². The van der Waals surface area contributed by atoms with Gasteiger partial charge in [-0.3, -0.25) is 4.79 Å². The average Bonchev–Trinajstić information content (AvgIpc) is 2.08. The smallest absolute Gasteiger partial charge is 0.407 e. The van der Waals surface area contributed by atoms with Crippen molar-refractivity contribution in [2.45, 2.75) is 20.3 Å². The van der Waals surface area contributed by atoms with Gasteiger partial charge in [0.2, 0.25) is 0 Å². The van der Waals surface area contributed by atoms with Gasteiger partial charge in [-0.05, 0) is 6.42 Å². The molecule has 0 saturated heterocycles. The average molecular weight is 189 g/mol. The topological polar surface area (TPSA) is 64.6 Å². The van der Waals surface area contributed by atoms with Crippen LogP contribution in [-0.4, -0.2) is 31.8 Å². The maximum Gasteiger partial charge on any atom is 0.407 e. The van der Waals surface area contributed by atoms with Gasteiger partial charge in [0.05, 0.1) is 13.2 Å². The number of ether oxygens (including phenoxy) is 2. The van der Waals surface area contributed by atoms with Crippen molar-refractivity contribution in [1.82, 2.24) is 5.32 Å². The Labute approximate surface area is 77.4 Å². The molecule has 0 fully saturated rings. The van der Waals surface area contributed by atoms with E-state index in [2.05, 4.69) is 10.1 Å². The lowest BCUT2D eigenvalue weighted by Gasteiger charge is -2.05. The third kappa shape index (κ3) is 8.65. The molecule has 0 atom stereocenters. The summed E-state index contributed by atoms with van der Waals surface area (Å²) in [5.41, 5.74) is 0. The van der Waals surface area contributed by atoms with Crippen LogP contribution in [0.25, 0.3) is 0 Å². The molecule has 0 rings (SSSR count). The fraction of sp³-hybridized carbons (Fsp3) is 0.750. The number of rotatable bonds is 5. The van der Waals surface area contributed by atoms with Crippen molar-refractivity contribution in [2.75, 3.05) is 19.8 Å². The zero-order valence-corrected chi connectivity index (χ0v) is 7.96. The maximum atomic E-state index is 10.8. The van der Waals surface area contributed by atoms with Crippen molar-refractivity contribution in [3.8, 4) is 0 Å². The second-order valence-electron chi connectivity index (χ2n) is 2.40. The molecule has 5 heteroatoms. The highest BCUT2D eigenvalue weighted by molar-refractivity contribution is 5.67. The van der Waals surface area contributed by atoms with Gasteiger partial charge in [-0.15, -0.1) is 0 Å². The van der Waals surface area contributed by atoms with Gasteiger partial charge in [-0.1, -0.05) is 6.92 Å². The molecule has 5 nitrogen and oxygen atoms in total. The van der Waals surface area contributed by atoms with Gasteiger partial charge in [0.1, 0.15) is 6.61 Å². The Balaban J connectivity index is 3.22. The second kappa shape index (κ2) is 7.39. The first-order chi connectivity index (χ1) is 6.16. The van der Waals surface area contributed by atoms with E-state index in [0.29, 0.717) is 6.61 Å². The quantitative estimate of drug-likeness (QED) is 0.510. The van der Waals surface area contributed by atoms with E-state index in [0.717, 1.165) is 6.42 Å². The number of hydrogen-bond donors (Lipinski definition) is 1. The highest BCUT2D eigenvalue weighted by Gasteiger charge is 1.99. The first kappa shape index (κ1) is 11.7. The molecule has 0 spiro atoms. The molecule has 0 bridgehead atoms. The summed E-state index contributed by atoms with van der Waals surface area (Å²) < 4.78 is 9.30. The zero-order valence-electron chi connectivity index (χ0n) is 7.96. The number of esters is 1. The third-order valence-electron chi connectivity index (χ3n) is 1.11. The number of nitrogens with one attached hydrogen (secondary N) is 1. The first-order valence-corrected chi connectivity index (χ1v) is 4.20. The van der Waals surface area contributed by atoms with Gasteiger partial charge in [-0.2, -0.15) is 0 Å². The summed E-state index contributed by atoms with van der Waals surface area (Å²) in [7, 11) is 0. The van der Waals surface area contributed by atoms with E-state index in [1.165, 1.54) is 6.92 Å². The van der Waals surface area contributed by atoms with Gasteiger partial charge >= 0.3 is 12.1 Å². The van der Waals surface area contributed by atoms with Crippen LogP contribution in [0.15, 0.2) is 0 Å². The van der Waals surface area contributed by atoms with Crippen molar-refractivity contribution >= 4 is 12.1 Å². The molecule has 0 saturated carbocycles. The minimum Gasteiger partial charge on any atom is -0.464 e. The van der Waals surface area contributed by atoms with Gasteiger partial charge in [0.15, 0.2) is 0 Å². The fourth-order valence-corrected chi connectivity index (χ4v) is 0.594.